The quantitative estimate of drug-likeness (QED) is 0.377. The predicted octanol–water partition coefficient (Wildman–Crippen LogP) is -4.57. The average molecular weight is 370 g/mol. The van der Waals surface area contributed by atoms with Gasteiger partial charge in [-0.25, -0.2) is 0 Å². The summed E-state index contributed by atoms with van der Waals surface area (Å²) in [4.78, 5) is 0. The van der Waals surface area contributed by atoms with Gasteiger partial charge in [0.05, 0.1) is 0 Å². The van der Waals surface area contributed by atoms with E-state index < -0.39 is 0 Å². The summed E-state index contributed by atoms with van der Waals surface area (Å²) in [5.41, 5.74) is 0. The first-order chi connectivity index (χ1) is 3.93. The van der Waals surface area contributed by atoms with Gasteiger partial charge in [-0.1, -0.05) is 0 Å². The third-order valence-corrected chi connectivity index (χ3v) is 1.33. The molecule has 1 aliphatic rings. The smallest absolute Gasteiger partial charge is 1.00 e. The fourth-order valence-corrected chi connectivity index (χ4v) is 0.774. The minimum Gasteiger partial charge on any atom is -1.00 e. The van der Waals surface area contributed by atoms with Crippen LogP contribution in [0.1, 0.15) is 19.3 Å². The van der Waals surface area contributed by atoms with E-state index in [0.29, 0.717) is 5.92 Å². The predicted molar refractivity (Wildman–Crippen MR) is 33.9 cm³/mol. The maximum atomic E-state index is 5.19. The van der Waals surface area contributed by atoms with Crippen molar-refractivity contribution in [3.8, 4) is 24.2 Å². The van der Waals surface area contributed by atoms with Crippen molar-refractivity contribution in [1.29, 1.82) is 0 Å². The van der Waals surface area contributed by atoms with Crippen LogP contribution in [0.5, 0.6) is 0 Å². The van der Waals surface area contributed by atoms with E-state index in [-0.39, 0.29) is 45.9 Å². The van der Waals surface area contributed by atoms with Crippen LogP contribution >= 0.6 is 0 Å². The maximum absolute atomic E-state index is 5.19. The number of hydrogen-bond acceptors (Lipinski definition) is 0. The van der Waals surface area contributed by atoms with Crippen molar-refractivity contribution in [2.24, 2.45) is 5.92 Å². The molecule has 0 aromatic rings. The van der Waals surface area contributed by atoms with Crippen LogP contribution in [0.2, 0.25) is 0 Å². The minimum atomic E-state index is 0. The first-order valence-electron chi connectivity index (χ1n) is 2.85. The zero-order chi connectivity index (χ0) is 5.82. The molecule has 0 radical (unpaired) electrons. The van der Waals surface area contributed by atoms with Gasteiger partial charge in [0.2, 0.25) is 0 Å². The summed E-state index contributed by atoms with van der Waals surface area (Å²) in [5, 5.41) is 0. The summed E-state index contributed by atoms with van der Waals surface area (Å²) in [6.45, 7) is 0. The van der Waals surface area contributed by atoms with Crippen LogP contribution in [0.4, 0.5) is 0 Å². The molecule has 64 valence electrons. The Morgan fingerprint density at radius 1 is 1.27 bits per heavy atom. The second kappa shape index (κ2) is 10.4. The first-order valence-corrected chi connectivity index (χ1v) is 2.85. The molecule has 0 saturated carbocycles. The standard InChI is InChI=1S/C8H8.2ClH.Pt/c1-2-8-6-4-3-5-7-8;;;/h1,8H,4,6-7H2;2*1H;/q;;;+2/p-2. The fraction of sp³-hybridized carbons (Fsp3) is 0.500. The van der Waals surface area contributed by atoms with E-state index in [4.69, 9.17) is 6.42 Å². The van der Waals surface area contributed by atoms with Gasteiger partial charge in [0, 0.05) is 18.8 Å². The molecular formula is C8H8Cl2Pt. The summed E-state index contributed by atoms with van der Waals surface area (Å²) in [6, 6.07) is 0. The van der Waals surface area contributed by atoms with Crippen molar-refractivity contribution in [2.45, 2.75) is 19.3 Å². The zero-order valence-electron chi connectivity index (χ0n) is 5.85. The Kier molecular flexibility index (Phi) is 16.5. The second-order valence-corrected chi connectivity index (χ2v) is 1.96. The molecule has 0 amide bonds. The number of rotatable bonds is 0. The largest absolute Gasteiger partial charge is 2.00 e. The summed E-state index contributed by atoms with van der Waals surface area (Å²) < 4.78 is 0. The van der Waals surface area contributed by atoms with E-state index in [1.165, 1.54) is 0 Å². The van der Waals surface area contributed by atoms with E-state index in [2.05, 4.69) is 17.8 Å². The molecule has 0 aliphatic heterocycles. The van der Waals surface area contributed by atoms with Gasteiger partial charge in [-0.3, -0.25) is 0 Å². The van der Waals surface area contributed by atoms with Gasteiger partial charge < -0.3 is 24.8 Å². The number of terminal acetylenes is 1. The number of halogens is 2. The van der Waals surface area contributed by atoms with Crippen LogP contribution in [0.15, 0.2) is 0 Å². The van der Waals surface area contributed by atoms with Gasteiger partial charge in [0.1, 0.15) is 0 Å². The molecule has 1 aliphatic carbocycles. The van der Waals surface area contributed by atoms with Crippen LogP contribution in [0.25, 0.3) is 0 Å². The van der Waals surface area contributed by atoms with Gasteiger partial charge in [0.15, 0.2) is 0 Å². The van der Waals surface area contributed by atoms with Gasteiger partial charge in [-0.05, 0) is 6.42 Å². The molecule has 3 heteroatoms. The molecule has 0 heterocycles. The Balaban J connectivity index is -0.000000213. The van der Waals surface area contributed by atoms with Crippen LogP contribution in [0, 0.1) is 30.1 Å². The monoisotopic (exact) mass is 369 g/mol. The van der Waals surface area contributed by atoms with Crippen LogP contribution in [0.3, 0.4) is 0 Å². The Labute approximate surface area is 95.0 Å². The van der Waals surface area contributed by atoms with E-state index in [1.54, 1.807) is 0 Å². The van der Waals surface area contributed by atoms with E-state index in [9.17, 15) is 0 Å². The molecule has 0 aromatic carbocycles. The van der Waals surface area contributed by atoms with E-state index in [1.807, 2.05) is 0 Å². The van der Waals surface area contributed by atoms with Crippen molar-refractivity contribution in [2.75, 3.05) is 0 Å². The maximum Gasteiger partial charge on any atom is 2.00 e. The second-order valence-electron chi connectivity index (χ2n) is 1.96. The van der Waals surface area contributed by atoms with Gasteiger partial charge in [-0.2, -0.15) is 0 Å². The average Bonchev–Trinajstić information content (AvgIpc) is 1.90. The Hall–Kier alpha value is 0.388. The summed E-state index contributed by atoms with van der Waals surface area (Å²) in [5.74, 6) is 9.14. The fourth-order valence-electron chi connectivity index (χ4n) is 0.774. The molecule has 11 heavy (non-hydrogen) atoms. The van der Waals surface area contributed by atoms with Crippen molar-refractivity contribution in [1.82, 2.24) is 0 Å². The molecule has 1 unspecified atom stereocenters. The minimum absolute atomic E-state index is 0. The normalized spacial score (nSPS) is 18.3. The van der Waals surface area contributed by atoms with Gasteiger partial charge in [0.25, 0.3) is 0 Å². The summed E-state index contributed by atoms with van der Waals surface area (Å²) in [6.07, 6.45) is 8.19. The molecule has 1 rings (SSSR count). The number of hydrogen-bond donors (Lipinski definition) is 0. The van der Waals surface area contributed by atoms with E-state index in [0.717, 1.165) is 19.3 Å². The van der Waals surface area contributed by atoms with Crippen molar-refractivity contribution >= 4 is 0 Å². The third-order valence-electron chi connectivity index (χ3n) is 1.33. The molecule has 0 saturated heterocycles. The molecule has 0 aromatic heterocycles. The molecule has 1 atom stereocenters. The summed E-state index contributed by atoms with van der Waals surface area (Å²) >= 11 is 0. The molecule has 0 N–H and O–H groups in total. The summed E-state index contributed by atoms with van der Waals surface area (Å²) in [7, 11) is 0. The molecule has 0 bridgehead atoms. The Morgan fingerprint density at radius 3 is 2.18 bits per heavy atom. The van der Waals surface area contributed by atoms with Crippen molar-refractivity contribution < 1.29 is 45.9 Å². The van der Waals surface area contributed by atoms with Crippen molar-refractivity contribution in [3.63, 3.8) is 0 Å². The topological polar surface area (TPSA) is 0 Å². The molecule has 0 nitrogen and oxygen atoms in total. The Bertz CT molecular complexity index is 173. The SMILES string of the molecule is C#CC1CC#CCC1.[Cl-].[Cl-].[Pt+2]. The molecule has 0 fully saturated rings. The van der Waals surface area contributed by atoms with Crippen LogP contribution in [-0.4, -0.2) is 0 Å². The molecule has 0 spiro atoms. The Morgan fingerprint density at radius 2 is 1.91 bits per heavy atom. The van der Waals surface area contributed by atoms with Crippen molar-refractivity contribution in [3.05, 3.63) is 0 Å². The van der Waals surface area contributed by atoms with Gasteiger partial charge in [-0.15, -0.1) is 24.2 Å². The van der Waals surface area contributed by atoms with Crippen LogP contribution in [-0.2, 0) is 21.1 Å². The molecular weight excluding hydrogens is 362 g/mol. The van der Waals surface area contributed by atoms with Gasteiger partial charge >= 0.3 is 21.1 Å². The van der Waals surface area contributed by atoms with E-state index >= 15 is 0 Å². The zero-order valence-corrected chi connectivity index (χ0v) is 9.63. The van der Waals surface area contributed by atoms with Crippen LogP contribution < -0.4 is 24.8 Å². The third kappa shape index (κ3) is 6.77. The first kappa shape index (κ1) is 17.5.